The van der Waals surface area contributed by atoms with Gasteiger partial charge in [-0.15, -0.1) is 0 Å². The minimum Gasteiger partial charge on any atom is -0.481 e. The molecule has 1 unspecified atom stereocenters. The minimum absolute atomic E-state index is 0.101. The van der Waals surface area contributed by atoms with Crippen LogP contribution in [-0.4, -0.2) is 34.6 Å². The molecule has 1 amide bonds. The van der Waals surface area contributed by atoms with Crippen LogP contribution < -0.4 is 11.1 Å². The molecule has 0 aliphatic carbocycles. The summed E-state index contributed by atoms with van der Waals surface area (Å²) in [6.07, 6.45) is 0.718. The molecule has 0 bridgehead atoms. The number of aliphatic carboxylic acids is 1. The number of amides is 1. The highest BCUT2D eigenvalue weighted by molar-refractivity contribution is 5.82. The average Bonchev–Trinajstić information content (AvgIpc) is 2.87. The van der Waals surface area contributed by atoms with Gasteiger partial charge >= 0.3 is 5.97 Å². The number of rotatable bonds is 7. The summed E-state index contributed by atoms with van der Waals surface area (Å²) >= 11 is 0. The lowest BCUT2D eigenvalue weighted by molar-refractivity contribution is -0.137. The van der Waals surface area contributed by atoms with Crippen molar-refractivity contribution in [2.24, 2.45) is 5.73 Å². The lowest BCUT2D eigenvalue weighted by Gasteiger charge is -2.10. The molecule has 1 heterocycles. The van der Waals surface area contributed by atoms with Gasteiger partial charge in [0.15, 0.2) is 0 Å². The van der Waals surface area contributed by atoms with Gasteiger partial charge in [0.05, 0.1) is 6.04 Å². The first kappa shape index (κ1) is 15.1. The van der Waals surface area contributed by atoms with Crippen LogP contribution in [0.15, 0.2) is 30.3 Å². The van der Waals surface area contributed by atoms with Gasteiger partial charge in [-0.25, -0.2) is 0 Å². The van der Waals surface area contributed by atoms with Crippen LogP contribution in [0, 0.1) is 0 Å². The minimum atomic E-state index is -0.948. The Morgan fingerprint density at radius 1 is 1.33 bits per heavy atom. The number of hydrogen-bond donors (Lipinski definition) is 4. The van der Waals surface area contributed by atoms with Crippen LogP contribution in [0.25, 0.3) is 10.9 Å². The molecule has 1 aromatic carbocycles. The van der Waals surface area contributed by atoms with E-state index in [0.29, 0.717) is 13.0 Å². The molecular formula is C15H19N3O3. The zero-order valence-electron chi connectivity index (χ0n) is 11.6. The quantitative estimate of drug-likeness (QED) is 0.610. The second-order valence-electron chi connectivity index (χ2n) is 4.96. The van der Waals surface area contributed by atoms with Gasteiger partial charge in [-0.2, -0.15) is 0 Å². The Hall–Kier alpha value is -2.34. The normalized spacial score (nSPS) is 12.2. The second kappa shape index (κ2) is 6.90. The van der Waals surface area contributed by atoms with Crippen molar-refractivity contribution in [2.75, 3.05) is 6.54 Å². The number of carbonyl (C=O) groups excluding carboxylic acids is 1. The van der Waals surface area contributed by atoms with E-state index in [1.54, 1.807) is 0 Å². The molecule has 0 radical (unpaired) electrons. The van der Waals surface area contributed by atoms with E-state index in [-0.39, 0.29) is 18.7 Å². The number of H-pyrrole nitrogens is 1. The van der Waals surface area contributed by atoms with E-state index < -0.39 is 12.0 Å². The predicted molar refractivity (Wildman–Crippen MR) is 79.9 cm³/mol. The average molecular weight is 289 g/mol. The van der Waals surface area contributed by atoms with Crippen molar-refractivity contribution in [3.63, 3.8) is 0 Å². The van der Waals surface area contributed by atoms with Crippen LogP contribution in [-0.2, 0) is 16.0 Å². The van der Waals surface area contributed by atoms with Gasteiger partial charge in [0.25, 0.3) is 0 Å². The van der Waals surface area contributed by atoms with Crippen molar-refractivity contribution < 1.29 is 14.7 Å². The number of nitrogens with two attached hydrogens (primary N) is 1. The molecule has 0 spiro atoms. The highest BCUT2D eigenvalue weighted by atomic mass is 16.4. The Morgan fingerprint density at radius 3 is 2.81 bits per heavy atom. The number of hydrogen-bond acceptors (Lipinski definition) is 3. The summed E-state index contributed by atoms with van der Waals surface area (Å²) in [4.78, 5) is 25.4. The summed E-state index contributed by atoms with van der Waals surface area (Å²) in [5.41, 5.74) is 7.73. The van der Waals surface area contributed by atoms with Crippen molar-refractivity contribution in [3.05, 3.63) is 36.0 Å². The molecule has 0 aliphatic rings. The molecule has 5 N–H and O–H groups in total. The maximum atomic E-state index is 11.7. The third-order valence-electron chi connectivity index (χ3n) is 3.29. The maximum Gasteiger partial charge on any atom is 0.303 e. The Bertz CT molecular complexity index is 603. The molecule has 0 aliphatic heterocycles. The lowest BCUT2D eigenvalue weighted by Crippen LogP contribution is -2.41. The Labute approximate surface area is 122 Å². The second-order valence-corrected chi connectivity index (χ2v) is 4.96. The third kappa shape index (κ3) is 4.32. The molecule has 21 heavy (non-hydrogen) atoms. The summed E-state index contributed by atoms with van der Waals surface area (Å²) in [7, 11) is 0. The van der Waals surface area contributed by atoms with Crippen molar-refractivity contribution in [1.82, 2.24) is 10.3 Å². The molecule has 0 fully saturated rings. The van der Waals surface area contributed by atoms with Gasteiger partial charge in [0.2, 0.25) is 5.91 Å². The molecule has 112 valence electrons. The number of para-hydroxylation sites is 1. The Balaban J connectivity index is 1.78. The standard InChI is InChI=1S/C15H19N3O3/c16-12(5-6-14(19)20)15(21)17-8-7-11-9-10-3-1-2-4-13(10)18-11/h1-4,9,12,18H,5-8,16H2,(H,17,21)(H,19,20). The molecule has 2 rings (SSSR count). The fraction of sp³-hybridized carbons (Fsp3) is 0.333. The lowest BCUT2D eigenvalue weighted by atomic mass is 10.1. The first-order chi connectivity index (χ1) is 10.1. The number of aromatic nitrogens is 1. The summed E-state index contributed by atoms with van der Waals surface area (Å²) in [5.74, 6) is -1.26. The van der Waals surface area contributed by atoms with E-state index in [9.17, 15) is 9.59 Å². The van der Waals surface area contributed by atoms with Crippen LogP contribution in [0.1, 0.15) is 18.5 Å². The topological polar surface area (TPSA) is 108 Å². The molecule has 1 aromatic heterocycles. The fourth-order valence-electron chi connectivity index (χ4n) is 2.13. The van der Waals surface area contributed by atoms with E-state index in [1.165, 1.54) is 0 Å². The number of carbonyl (C=O) groups is 2. The molecule has 1 atom stereocenters. The molecule has 0 saturated carbocycles. The molecule has 0 saturated heterocycles. The van der Waals surface area contributed by atoms with E-state index in [2.05, 4.69) is 10.3 Å². The van der Waals surface area contributed by atoms with Gasteiger partial charge in [-0.05, 0) is 23.9 Å². The maximum absolute atomic E-state index is 11.7. The van der Waals surface area contributed by atoms with Crippen LogP contribution in [0.3, 0.4) is 0 Å². The van der Waals surface area contributed by atoms with Crippen LogP contribution in [0.5, 0.6) is 0 Å². The highest BCUT2D eigenvalue weighted by Gasteiger charge is 2.14. The first-order valence-corrected chi connectivity index (χ1v) is 6.88. The van der Waals surface area contributed by atoms with Gasteiger partial charge in [-0.1, -0.05) is 18.2 Å². The van der Waals surface area contributed by atoms with Crippen molar-refractivity contribution in [1.29, 1.82) is 0 Å². The molecule has 2 aromatic rings. The van der Waals surface area contributed by atoms with E-state index in [4.69, 9.17) is 10.8 Å². The zero-order valence-corrected chi connectivity index (χ0v) is 11.6. The number of fused-ring (bicyclic) bond motifs is 1. The van der Waals surface area contributed by atoms with E-state index >= 15 is 0 Å². The number of aromatic amines is 1. The van der Waals surface area contributed by atoms with Gasteiger partial charge in [-0.3, -0.25) is 9.59 Å². The number of carboxylic acid groups (broad SMARTS) is 1. The summed E-state index contributed by atoms with van der Waals surface area (Å²) in [6.45, 7) is 0.465. The first-order valence-electron chi connectivity index (χ1n) is 6.88. The smallest absolute Gasteiger partial charge is 0.303 e. The Morgan fingerprint density at radius 2 is 2.10 bits per heavy atom. The van der Waals surface area contributed by atoms with Crippen LogP contribution in [0.4, 0.5) is 0 Å². The van der Waals surface area contributed by atoms with Gasteiger partial charge < -0.3 is 21.1 Å². The monoisotopic (exact) mass is 289 g/mol. The van der Waals surface area contributed by atoms with Crippen molar-refractivity contribution >= 4 is 22.8 Å². The van der Waals surface area contributed by atoms with Crippen molar-refractivity contribution in [3.8, 4) is 0 Å². The molecular weight excluding hydrogens is 270 g/mol. The number of benzene rings is 1. The predicted octanol–water partition coefficient (Wildman–Crippen LogP) is 1.02. The summed E-state index contributed by atoms with van der Waals surface area (Å²) in [5, 5.41) is 12.4. The summed E-state index contributed by atoms with van der Waals surface area (Å²) < 4.78 is 0. The Kier molecular flexibility index (Phi) is 4.94. The number of carboxylic acids is 1. The molecule has 6 nitrogen and oxygen atoms in total. The van der Waals surface area contributed by atoms with E-state index in [0.717, 1.165) is 16.6 Å². The zero-order chi connectivity index (χ0) is 15.2. The highest BCUT2D eigenvalue weighted by Crippen LogP contribution is 2.14. The largest absolute Gasteiger partial charge is 0.481 e. The fourth-order valence-corrected chi connectivity index (χ4v) is 2.13. The van der Waals surface area contributed by atoms with Crippen molar-refractivity contribution in [2.45, 2.75) is 25.3 Å². The number of nitrogens with one attached hydrogen (secondary N) is 2. The SMILES string of the molecule is NC(CCC(=O)O)C(=O)NCCc1cc2ccccc2[nH]1. The summed E-state index contributed by atoms with van der Waals surface area (Å²) in [6, 6.07) is 9.24. The molecule has 6 heteroatoms. The van der Waals surface area contributed by atoms with Crippen LogP contribution in [0.2, 0.25) is 0 Å². The van der Waals surface area contributed by atoms with Crippen LogP contribution >= 0.6 is 0 Å². The van der Waals surface area contributed by atoms with Gasteiger partial charge in [0.1, 0.15) is 0 Å². The van der Waals surface area contributed by atoms with E-state index in [1.807, 2.05) is 30.3 Å². The van der Waals surface area contributed by atoms with Gasteiger partial charge in [0, 0.05) is 30.6 Å². The third-order valence-corrected chi connectivity index (χ3v) is 3.29.